The van der Waals surface area contributed by atoms with Crippen LogP contribution >= 0.6 is 0 Å². The van der Waals surface area contributed by atoms with E-state index in [-0.39, 0.29) is 6.61 Å². The van der Waals surface area contributed by atoms with Crippen LogP contribution in [0.4, 0.5) is 0 Å². The third-order valence-corrected chi connectivity index (χ3v) is 1.65. The summed E-state index contributed by atoms with van der Waals surface area (Å²) in [6, 6.07) is 3.14. The number of rotatable bonds is 4. The van der Waals surface area contributed by atoms with Gasteiger partial charge in [0.25, 0.3) is 0 Å². The molecule has 4 nitrogen and oxygen atoms in total. The fraction of sp³-hybridized carbons (Fsp3) is 0.444. The molecule has 0 aliphatic carbocycles. The molecule has 1 heterocycles. The lowest BCUT2D eigenvalue weighted by molar-refractivity contribution is 0.265. The van der Waals surface area contributed by atoms with Gasteiger partial charge in [-0.3, -0.25) is 4.98 Å². The molecule has 1 aromatic rings. The van der Waals surface area contributed by atoms with E-state index in [1.54, 1.807) is 18.3 Å². The van der Waals surface area contributed by atoms with Crippen molar-refractivity contribution in [3.8, 4) is 5.75 Å². The van der Waals surface area contributed by atoms with Crippen molar-refractivity contribution in [2.45, 2.75) is 13.0 Å². The summed E-state index contributed by atoms with van der Waals surface area (Å²) in [5, 5.41) is 8.76. The molecule has 4 heteroatoms. The predicted octanol–water partition coefficient (Wildman–Crippen LogP) is 0.472. The van der Waals surface area contributed by atoms with E-state index in [0.717, 1.165) is 5.75 Å². The van der Waals surface area contributed by atoms with Gasteiger partial charge in [0.1, 0.15) is 5.75 Å². The highest BCUT2D eigenvalue weighted by atomic mass is 16.5. The van der Waals surface area contributed by atoms with E-state index < -0.39 is 6.04 Å². The number of nitrogens with two attached hydrogens (primary N) is 1. The second kappa shape index (κ2) is 4.79. The third kappa shape index (κ3) is 2.68. The fourth-order valence-electron chi connectivity index (χ4n) is 0.957. The van der Waals surface area contributed by atoms with Crippen LogP contribution in [0.1, 0.15) is 18.7 Å². The average Bonchev–Trinajstić information content (AvgIpc) is 2.18. The van der Waals surface area contributed by atoms with Gasteiger partial charge in [0, 0.05) is 0 Å². The molecule has 0 amide bonds. The van der Waals surface area contributed by atoms with Crippen molar-refractivity contribution in [2.24, 2.45) is 5.73 Å². The molecule has 1 aromatic heterocycles. The topological polar surface area (TPSA) is 68.4 Å². The number of pyridine rings is 1. The van der Waals surface area contributed by atoms with Gasteiger partial charge < -0.3 is 15.6 Å². The van der Waals surface area contributed by atoms with E-state index in [2.05, 4.69) is 4.98 Å². The van der Waals surface area contributed by atoms with Crippen molar-refractivity contribution >= 4 is 0 Å². The molecule has 1 unspecified atom stereocenters. The Bertz CT molecular complexity index is 248. The summed E-state index contributed by atoms with van der Waals surface area (Å²) in [6.45, 7) is 2.43. The van der Waals surface area contributed by atoms with Gasteiger partial charge in [-0.05, 0) is 19.1 Å². The Morgan fingerprint density at radius 1 is 1.62 bits per heavy atom. The maximum atomic E-state index is 8.76. The Morgan fingerprint density at radius 2 is 2.38 bits per heavy atom. The van der Waals surface area contributed by atoms with E-state index in [1.807, 2.05) is 6.92 Å². The fourth-order valence-corrected chi connectivity index (χ4v) is 0.957. The summed E-state index contributed by atoms with van der Waals surface area (Å²) in [4.78, 5) is 4.06. The van der Waals surface area contributed by atoms with Crippen molar-refractivity contribution in [1.82, 2.24) is 4.98 Å². The molecule has 0 aliphatic heterocycles. The van der Waals surface area contributed by atoms with Crippen LogP contribution < -0.4 is 10.5 Å². The molecule has 1 atom stereocenters. The van der Waals surface area contributed by atoms with Gasteiger partial charge in [0.05, 0.1) is 31.1 Å². The highest BCUT2D eigenvalue weighted by Gasteiger charge is 2.04. The number of aliphatic hydroxyl groups is 1. The van der Waals surface area contributed by atoms with Gasteiger partial charge >= 0.3 is 0 Å². The number of hydrogen-bond donors (Lipinski definition) is 2. The Balaban J connectivity index is 2.69. The lowest BCUT2D eigenvalue weighted by Crippen LogP contribution is -2.15. The number of ether oxygens (including phenoxy) is 1. The normalized spacial score (nSPS) is 12.5. The zero-order chi connectivity index (χ0) is 9.68. The van der Waals surface area contributed by atoms with Crippen molar-refractivity contribution in [1.29, 1.82) is 0 Å². The van der Waals surface area contributed by atoms with Crippen LogP contribution in [-0.4, -0.2) is 23.3 Å². The van der Waals surface area contributed by atoms with Crippen LogP contribution in [0.2, 0.25) is 0 Å². The standard InChI is InChI=1S/C9H14N2O2/c1-2-13-7-3-4-9(11-5-7)8(10)6-12/h3-5,8,12H,2,6,10H2,1H3. The molecule has 0 spiro atoms. The summed E-state index contributed by atoms with van der Waals surface area (Å²) in [5.74, 6) is 0.719. The average molecular weight is 182 g/mol. The number of aliphatic hydroxyl groups excluding tert-OH is 1. The van der Waals surface area contributed by atoms with Crippen LogP contribution in [-0.2, 0) is 0 Å². The monoisotopic (exact) mass is 182 g/mol. The summed E-state index contributed by atoms with van der Waals surface area (Å²) in [7, 11) is 0. The van der Waals surface area contributed by atoms with E-state index in [4.69, 9.17) is 15.6 Å². The quantitative estimate of drug-likeness (QED) is 0.710. The van der Waals surface area contributed by atoms with Crippen molar-refractivity contribution < 1.29 is 9.84 Å². The van der Waals surface area contributed by atoms with E-state index >= 15 is 0 Å². The van der Waals surface area contributed by atoms with Crippen LogP contribution in [0, 0.1) is 0 Å². The minimum Gasteiger partial charge on any atom is -0.492 e. The number of nitrogens with zero attached hydrogens (tertiary/aromatic N) is 1. The minimum atomic E-state index is -0.407. The van der Waals surface area contributed by atoms with Crippen LogP contribution in [0.15, 0.2) is 18.3 Å². The molecule has 3 N–H and O–H groups in total. The molecule has 0 aliphatic rings. The molecule has 72 valence electrons. The lowest BCUT2D eigenvalue weighted by Gasteiger charge is -2.08. The first-order chi connectivity index (χ1) is 6.27. The first kappa shape index (κ1) is 9.95. The van der Waals surface area contributed by atoms with Crippen LogP contribution in [0.5, 0.6) is 5.75 Å². The smallest absolute Gasteiger partial charge is 0.137 e. The largest absolute Gasteiger partial charge is 0.492 e. The summed E-state index contributed by atoms with van der Waals surface area (Å²) >= 11 is 0. The zero-order valence-electron chi connectivity index (χ0n) is 7.60. The number of aromatic nitrogens is 1. The number of hydrogen-bond acceptors (Lipinski definition) is 4. The van der Waals surface area contributed by atoms with Crippen LogP contribution in [0.25, 0.3) is 0 Å². The molecule has 1 rings (SSSR count). The van der Waals surface area contributed by atoms with Gasteiger partial charge in [-0.2, -0.15) is 0 Å². The second-order valence-corrected chi connectivity index (χ2v) is 2.64. The summed E-state index contributed by atoms with van der Waals surface area (Å²) in [6.07, 6.45) is 1.61. The van der Waals surface area contributed by atoms with Crippen LogP contribution in [0.3, 0.4) is 0 Å². The van der Waals surface area contributed by atoms with Gasteiger partial charge in [0.2, 0.25) is 0 Å². The maximum absolute atomic E-state index is 8.76. The van der Waals surface area contributed by atoms with Crippen molar-refractivity contribution in [2.75, 3.05) is 13.2 Å². The first-order valence-corrected chi connectivity index (χ1v) is 4.23. The molecular formula is C9H14N2O2. The van der Waals surface area contributed by atoms with E-state index in [0.29, 0.717) is 12.3 Å². The minimum absolute atomic E-state index is 0.0962. The molecule has 0 saturated carbocycles. The maximum Gasteiger partial charge on any atom is 0.137 e. The van der Waals surface area contributed by atoms with Gasteiger partial charge in [-0.25, -0.2) is 0 Å². The highest BCUT2D eigenvalue weighted by Crippen LogP contribution is 2.12. The molecule has 0 radical (unpaired) electrons. The van der Waals surface area contributed by atoms with Gasteiger partial charge in [-0.15, -0.1) is 0 Å². The predicted molar refractivity (Wildman–Crippen MR) is 49.4 cm³/mol. The van der Waals surface area contributed by atoms with Gasteiger partial charge in [0.15, 0.2) is 0 Å². The highest BCUT2D eigenvalue weighted by molar-refractivity contribution is 5.21. The summed E-state index contributed by atoms with van der Waals surface area (Å²) < 4.78 is 5.21. The zero-order valence-corrected chi connectivity index (χ0v) is 7.60. The van der Waals surface area contributed by atoms with E-state index in [9.17, 15) is 0 Å². The molecule has 13 heavy (non-hydrogen) atoms. The van der Waals surface area contributed by atoms with E-state index in [1.165, 1.54) is 0 Å². The van der Waals surface area contributed by atoms with Crippen molar-refractivity contribution in [3.63, 3.8) is 0 Å². The Kier molecular flexibility index (Phi) is 3.67. The third-order valence-electron chi connectivity index (χ3n) is 1.65. The lowest BCUT2D eigenvalue weighted by atomic mass is 10.2. The first-order valence-electron chi connectivity index (χ1n) is 4.23. The molecule has 0 aromatic carbocycles. The van der Waals surface area contributed by atoms with Gasteiger partial charge in [-0.1, -0.05) is 0 Å². The van der Waals surface area contributed by atoms with Crippen molar-refractivity contribution in [3.05, 3.63) is 24.0 Å². The Labute approximate surface area is 77.4 Å². The molecule has 0 fully saturated rings. The molecule has 0 bridgehead atoms. The molecular weight excluding hydrogens is 168 g/mol. The SMILES string of the molecule is CCOc1ccc(C(N)CO)nc1. The second-order valence-electron chi connectivity index (χ2n) is 2.64. The molecule has 0 saturated heterocycles. The Hall–Kier alpha value is -1.13. The Morgan fingerprint density at radius 3 is 2.85 bits per heavy atom. The summed E-state index contributed by atoms with van der Waals surface area (Å²) in [5.41, 5.74) is 6.24.